The number of aliphatic hydroxyl groups excluding tert-OH is 1. The summed E-state index contributed by atoms with van der Waals surface area (Å²) in [5, 5.41) is 8.89. The molecule has 0 bridgehead atoms. The summed E-state index contributed by atoms with van der Waals surface area (Å²) in [6.07, 6.45) is 4.63. The second-order valence-corrected chi connectivity index (χ2v) is 3.56. The van der Waals surface area contributed by atoms with E-state index in [0.29, 0.717) is 11.8 Å². The molecule has 1 aromatic heterocycles. The molecule has 1 aromatic rings. The van der Waals surface area contributed by atoms with Gasteiger partial charge >= 0.3 is 0 Å². The number of oxazole rings is 1. The molecule has 0 atom stereocenters. The Morgan fingerprint density at radius 3 is 2.77 bits per heavy atom. The molecule has 0 amide bonds. The first kappa shape index (κ1) is 8.75. The van der Waals surface area contributed by atoms with Gasteiger partial charge in [-0.25, -0.2) is 4.98 Å². The third kappa shape index (κ3) is 1.48. The van der Waals surface area contributed by atoms with E-state index in [1.54, 1.807) is 0 Å². The van der Waals surface area contributed by atoms with E-state index in [-0.39, 0.29) is 6.61 Å². The highest BCUT2D eigenvalue weighted by atomic mass is 16.4. The molecule has 0 unspecified atom stereocenters. The second kappa shape index (κ2) is 3.50. The summed E-state index contributed by atoms with van der Waals surface area (Å²) in [5.41, 5.74) is 1.10. The van der Waals surface area contributed by atoms with Crippen LogP contribution < -0.4 is 0 Å². The molecule has 13 heavy (non-hydrogen) atoms. The number of hydrogen-bond acceptors (Lipinski definition) is 3. The molecule has 1 aliphatic rings. The van der Waals surface area contributed by atoms with Crippen LogP contribution in [0.5, 0.6) is 0 Å². The summed E-state index contributed by atoms with van der Waals surface area (Å²) < 4.78 is 5.41. The van der Waals surface area contributed by atoms with Crippen molar-refractivity contribution in [1.82, 2.24) is 4.98 Å². The number of rotatable bonds is 3. The number of aryl methyl sites for hydroxylation is 1. The highest BCUT2D eigenvalue weighted by molar-refractivity contribution is 5.17. The van der Waals surface area contributed by atoms with E-state index < -0.39 is 0 Å². The largest absolute Gasteiger partial charge is 0.443 e. The first-order valence-corrected chi connectivity index (χ1v) is 4.94. The van der Waals surface area contributed by atoms with Crippen LogP contribution in [0.4, 0.5) is 0 Å². The molecule has 0 aliphatic heterocycles. The standard InChI is InChI=1S/C10H15NO2/c1-2-8-10(7-4-3-5-7)11-9(6-12)13-8/h7,12H,2-6H2,1H3. The van der Waals surface area contributed by atoms with Gasteiger partial charge in [0.15, 0.2) is 0 Å². The lowest BCUT2D eigenvalue weighted by Crippen LogP contribution is -2.10. The summed E-state index contributed by atoms with van der Waals surface area (Å²) >= 11 is 0. The lowest BCUT2D eigenvalue weighted by atomic mass is 9.82. The lowest BCUT2D eigenvalue weighted by Gasteiger charge is -2.23. The minimum Gasteiger partial charge on any atom is -0.443 e. The summed E-state index contributed by atoms with van der Waals surface area (Å²) in [6.45, 7) is 1.98. The van der Waals surface area contributed by atoms with Gasteiger partial charge in [-0.15, -0.1) is 0 Å². The van der Waals surface area contributed by atoms with Crippen LogP contribution in [-0.2, 0) is 13.0 Å². The maximum Gasteiger partial charge on any atom is 0.220 e. The van der Waals surface area contributed by atoms with Gasteiger partial charge in [-0.1, -0.05) is 13.3 Å². The highest BCUT2D eigenvalue weighted by Gasteiger charge is 2.26. The molecule has 1 aliphatic carbocycles. The summed E-state index contributed by atoms with van der Waals surface area (Å²) in [7, 11) is 0. The maximum atomic E-state index is 8.89. The van der Waals surface area contributed by atoms with Crippen LogP contribution in [-0.4, -0.2) is 10.1 Å². The highest BCUT2D eigenvalue weighted by Crippen LogP contribution is 2.37. The Labute approximate surface area is 77.8 Å². The smallest absolute Gasteiger partial charge is 0.220 e. The van der Waals surface area contributed by atoms with Crippen molar-refractivity contribution in [2.24, 2.45) is 0 Å². The summed E-state index contributed by atoms with van der Waals surface area (Å²) in [6, 6.07) is 0. The van der Waals surface area contributed by atoms with Gasteiger partial charge in [0.1, 0.15) is 12.4 Å². The van der Waals surface area contributed by atoms with E-state index in [4.69, 9.17) is 9.52 Å². The molecule has 3 heteroatoms. The Balaban J connectivity index is 2.25. The maximum absolute atomic E-state index is 8.89. The summed E-state index contributed by atoms with van der Waals surface area (Å²) in [5.74, 6) is 2.03. The van der Waals surface area contributed by atoms with Gasteiger partial charge in [-0.3, -0.25) is 0 Å². The van der Waals surface area contributed by atoms with Crippen LogP contribution in [0.3, 0.4) is 0 Å². The van der Waals surface area contributed by atoms with Gasteiger partial charge < -0.3 is 9.52 Å². The van der Waals surface area contributed by atoms with Crippen molar-refractivity contribution in [3.8, 4) is 0 Å². The Bertz CT molecular complexity index is 289. The monoisotopic (exact) mass is 181 g/mol. The van der Waals surface area contributed by atoms with Crippen molar-refractivity contribution < 1.29 is 9.52 Å². The predicted molar refractivity (Wildman–Crippen MR) is 48.4 cm³/mol. The molecule has 0 radical (unpaired) electrons. The third-order valence-corrected chi connectivity index (χ3v) is 2.72. The number of aromatic nitrogens is 1. The Morgan fingerprint density at radius 2 is 2.31 bits per heavy atom. The third-order valence-electron chi connectivity index (χ3n) is 2.72. The quantitative estimate of drug-likeness (QED) is 0.775. The zero-order valence-corrected chi connectivity index (χ0v) is 7.92. The van der Waals surface area contributed by atoms with Crippen molar-refractivity contribution >= 4 is 0 Å². The van der Waals surface area contributed by atoms with Crippen LogP contribution in [0.15, 0.2) is 4.42 Å². The SMILES string of the molecule is CCc1oc(CO)nc1C1CCC1. The average molecular weight is 181 g/mol. The van der Waals surface area contributed by atoms with Crippen LogP contribution in [0.2, 0.25) is 0 Å². The second-order valence-electron chi connectivity index (χ2n) is 3.56. The first-order valence-electron chi connectivity index (χ1n) is 4.94. The lowest BCUT2D eigenvalue weighted by molar-refractivity contribution is 0.237. The van der Waals surface area contributed by atoms with Gasteiger partial charge in [0.25, 0.3) is 0 Å². The van der Waals surface area contributed by atoms with Gasteiger partial charge in [-0.05, 0) is 12.8 Å². The van der Waals surface area contributed by atoms with Crippen LogP contribution in [0.1, 0.15) is 49.4 Å². The molecule has 0 aromatic carbocycles. The van der Waals surface area contributed by atoms with Gasteiger partial charge in [-0.2, -0.15) is 0 Å². The molecule has 72 valence electrons. The molecule has 1 N–H and O–H groups in total. The van der Waals surface area contributed by atoms with Crippen molar-refractivity contribution in [3.05, 3.63) is 17.3 Å². The van der Waals surface area contributed by atoms with Gasteiger partial charge in [0.2, 0.25) is 5.89 Å². The fraction of sp³-hybridized carbons (Fsp3) is 0.700. The van der Waals surface area contributed by atoms with Gasteiger partial charge in [0, 0.05) is 12.3 Å². The van der Waals surface area contributed by atoms with Crippen LogP contribution in [0.25, 0.3) is 0 Å². The first-order chi connectivity index (χ1) is 6.35. The molecule has 2 rings (SSSR count). The van der Waals surface area contributed by atoms with E-state index >= 15 is 0 Å². The molecule has 1 fully saturated rings. The normalized spacial score (nSPS) is 17.4. The Kier molecular flexibility index (Phi) is 2.36. The van der Waals surface area contributed by atoms with Crippen LogP contribution in [0, 0.1) is 0 Å². The molecular formula is C10H15NO2. The zero-order valence-electron chi connectivity index (χ0n) is 7.92. The predicted octanol–water partition coefficient (Wildman–Crippen LogP) is 2.00. The van der Waals surface area contributed by atoms with E-state index in [2.05, 4.69) is 11.9 Å². The zero-order chi connectivity index (χ0) is 9.26. The number of aliphatic hydroxyl groups is 1. The van der Waals surface area contributed by atoms with Gasteiger partial charge in [0.05, 0.1) is 5.69 Å². The minimum absolute atomic E-state index is 0.0836. The molecular weight excluding hydrogens is 166 g/mol. The van der Waals surface area contributed by atoms with E-state index in [1.807, 2.05) is 0 Å². The molecule has 1 heterocycles. The van der Waals surface area contributed by atoms with E-state index in [1.165, 1.54) is 19.3 Å². The van der Waals surface area contributed by atoms with Crippen molar-refractivity contribution in [1.29, 1.82) is 0 Å². The number of nitrogens with zero attached hydrogens (tertiary/aromatic N) is 1. The van der Waals surface area contributed by atoms with Crippen molar-refractivity contribution in [3.63, 3.8) is 0 Å². The van der Waals surface area contributed by atoms with E-state index in [9.17, 15) is 0 Å². The van der Waals surface area contributed by atoms with E-state index in [0.717, 1.165) is 17.9 Å². The molecule has 0 spiro atoms. The van der Waals surface area contributed by atoms with Crippen LogP contribution >= 0.6 is 0 Å². The molecule has 1 saturated carbocycles. The number of hydrogen-bond donors (Lipinski definition) is 1. The van der Waals surface area contributed by atoms with Crippen molar-refractivity contribution in [2.45, 2.75) is 45.1 Å². The van der Waals surface area contributed by atoms with Crippen molar-refractivity contribution in [2.75, 3.05) is 0 Å². The fourth-order valence-corrected chi connectivity index (χ4v) is 1.74. The minimum atomic E-state index is -0.0836. The average Bonchev–Trinajstić information content (AvgIpc) is 2.45. The topological polar surface area (TPSA) is 46.3 Å². The molecule has 3 nitrogen and oxygen atoms in total. The summed E-state index contributed by atoms with van der Waals surface area (Å²) in [4.78, 5) is 4.30. The fourth-order valence-electron chi connectivity index (χ4n) is 1.74. The molecule has 0 saturated heterocycles. The Morgan fingerprint density at radius 1 is 1.54 bits per heavy atom. The Hall–Kier alpha value is -0.830.